The zero-order valence-electron chi connectivity index (χ0n) is 26.4. The standard InChI is InChI=1S/C42H45N/c1-40(2)19-20-41(3,4)39-37(40)15-10-16-38(39)43(31-11-6-5-7-12-31)32-17-18-36-34(26-32)33-13-8-9-14-35(33)42(36)29-22-27-21-28(24-29)25-30(42)23-27/h5-18,26-30H,19-25H2,1-4H3. The van der Waals surface area contributed by atoms with Crippen molar-refractivity contribution in [3.05, 3.63) is 113 Å². The molecule has 0 saturated heterocycles. The molecule has 10 rings (SSSR count). The lowest BCUT2D eigenvalue weighted by atomic mass is 9.43. The van der Waals surface area contributed by atoms with Gasteiger partial charge >= 0.3 is 0 Å². The van der Waals surface area contributed by atoms with Crippen LogP contribution in [0.25, 0.3) is 11.1 Å². The molecule has 1 heteroatoms. The second-order valence-electron chi connectivity index (χ2n) is 16.1. The van der Waals surface area contributed by atoms with Gasteiger partial charge in [0.25, 0.3) is 0 Å². The maximum Gasteiger partial charge on any atom is 0.0502 e. The second kappa shape index (κ2) is 8.87. The lowest BCUT2D eigenvalue weighted by Crippen LogP contribution is -2.55. The molecule has 1 nitrogen and oxygen atoms in total. The summed E-state index contributed by atoms with van der Waals surface area (Å²) in [6, 6.07) is 35.4. The van der Waals surface area contributed by atoms with Crippen LogP contribution >= 0.6 is 0 Å². The average Bonchev–Trinajstić information content (AvgIpc) is 3.29. The number of nitrogens with zero attached hydrogens (tertiary/aromatic N) is 1. The summed E-state index contributed by atoms with van der Waals surface area (Å²) in [5, 5.41) is 0. The number of hydrogen-bond acceptors (Lipinski definition) is 1. The molecule has 4 aromatic carbocycles. The van der Waals surface area contributed by atoms with Crippen molar-refractivity contribution in [1.82, 2.24) is 0 Å². The summed E-state index contributed by atoms with van der Waals surface area (Å²) < 4.78 is 0. The largest absolute Gasteiger partial charge is 0.310 e. The van der Waals surface area contributed by atoms with Gasteiger partial charge in [0.2, 0.25) is 0 Å². The minimum atomic E-state index is 0.113. The Morgan fingerprint density at radius 1 is 0.535 bits per heavy atom. The van der Waals surface area contributed by atoms with Crippen LogP contribution in [0.3, 0.4) is 0 Å². The van der Waals surface area contributed by atoms with Gasteiger partial charge in [0.15, 0.2) is 0 Å². The fourth-order valence-electron chi connectivity index (χ4n) is 11.2. The van der Waals surface area contributed by atoms with E-state index in [0.717, 1.165) is 23.7 Å². The average molecular weight is 564 g/mol. The van der Waals surface area contributed by atoms with Gasteiger partial charge in [0, 0.05) is 16.8 Å². The maximum absolute atomic E-state index is 2.58. The Morgan fingerprint density at radius 2 is 1.16 bits per heavy atom. The van der Waals surface area contributed by atoms with Gasteiger partial charge in [-0.3, -0.25) is 0 Å². The third kappa shape index (κ3) is 3.51. The van der Waals surface area contributed by atoms with Crippen molar-refractivity contribution in [2.24, 2.45) is 23.7 Å². The number of fused-ring (bicyclic) bond motifs is 4. The van der Waals surface area contributed by atoms with Gasteiger partial charge in [-0.2, -0.15) is 0 Å². The summed E-state index contributed by atoms with van der Waals surface area (Å²) in [5.74, 6) is 3.53. The van der Waals surface area contributed by atoms with Crippen molar-refractivity contribution in [1.29, 1.82) is 0 Å². The number of anilines is 3. The maximum atomic E-state index is 2.58. The predicted octanol–water partition coefficient (Wildman–Crippen LogP) is 11.2. The highest BCUT2D eigenvalue weighted by molar-refractivity contribution is 5.88. The van der Waals surface area contributed by atoms with E-state index in [-0.39, 0.29) is 16.2 Å². The first-order chi connectivity index (χ1) is 20.8. The van der Waals surface area contributed by atoms with E-state index >= 15 is 0 Å². The van der Waals surface area contributed by atoms with Gasteiger partial charge in [-0.1, -0.05) is 88.4 Å². The van der Waals surface area contributed by atoms with Crippen molar-refractivity contribution in [3.8, 4) is 11.1 Å². The molecule has 6 aliphatic rings. The molecule has 0 unspecified atom stereocenters. The molecule has 4 bridgehead atoms. The van der Waals surface area contributed by atoms with E-state index in [1.54, 1.807) is 11.1 Å². The first-order valence-electron chi connectivity index (χ1n) is 17.0. The third-order valence-corrected chi connectivity index (χ3v) is 12.9. The zero-order chi connectivity index (χ0) is 29.1. The Kier molecular flexibility index (Phi) is 5.39. The summed E-state index contributed by atoms with van der Waals surface area (Å²) in [6.45, 7) is 9.80. The molecular formula is C42H45N. The van der Waals surface area contributed by atoms with Gasteiger partial charge < -0.3 is 4.90 Å². The highest BCUT2D eigenvalue weighted by Gasteiger charge is 2.61. The van der Waals surface area contributed by atoms with Crippen molar-refractivity contribution >= 4 is 17.1 Å². The molecule has 0 amide bonds. The van der Waals surface area contributed by atoms with Crippen LogP contribution in [-0.2, 0) is 16.2 Å². The van der Waals surface area contributed by atoms with Crippen LogP contribution in [0, 0.1) is 23.7 Å². The molecule has 0 atom stereocenters. The predicted molar refractivity (Wildman–Crippen MR) is 180 cm³/mol. The molecule has 43 heavy (non-hydrogen) atoms. The molecule has 0 aliphatic heterocycles. The fourth-order valence-corrected chi connectivity index (χ4v) is 11.2. The smallest absolute Gasteiger partial charge is 0.0502 e. The molecule has 0 radical (unpaired) electrons. The van der Waals surface area contributed by atoms with E-state index in [9.17, 15) is 0 Å². The van der Waals surface area contributed by atoms with Crippen LogP contribution in [0.4, 0.5) is 17.1 Å². The van der Waals surface area contributed by atoms with Crippen LogP contribution in [0.15, 0.2) is 91.0 Å². The number of rotatable bonds is 3. The van der Waals surface area contributed by atoms with Gasteiger partial charge in [0.05, 0.1) is 5.69 Å². The van der Waals surface area contributed by atoms with Crippen LogP contribution < -0.4 is 4.90 Å². The van der Waals surface area contributed by atoms with E-state index in [2.05, 4.69) is 124 Å². The van der Waals surface area contributed by atoms with Crippen LogP contribution in [0.1, 0.15) is 94.9 Å². The van der Waals surface area contributed by atoms with E-state index in [1.807, 2.05) is 0 Å². The van der Waals surface area contributed by atoms with Crippen LogP contribution in [-0.4, -0.2) is 0 Å². The van der Waals surface area contributed by atoms with Gasteiger partial charge in [-0.05, 0) is 143 Å². The molecule has 4 aromatic rings. The summed E-state index contributed by atoms with van der Waals surface area (Å²) in [7, 11) is 0. The summed E-state index contributed by atoms with van der Waals surface area (Å²) in [6.07, 6.45) is 9.65. The summed E-state index contributed by atoms with van der Waals surface area (Å²) in [5.41, 5.74) is 13.7. The quantitative estimate of drug-likeness (QED) is 0.240. The van der Waals surface area contributed by atoms with E-state index in [4.69, 9.17) is 0 Å². The first-order valence-corrected chi connectivity index (χ1v) is 17.0. The zero-order valence-corrected chi connectivity index (χ0v) is 26.4. The molecule has 4 saturated carbocycles. The monoisotopic (exact) mass is 563 g/mol. The van der Waals surface area contributed by atoms with Gasteiger partial charge in [-0.25, -0.2) is 0 Å². The molecule has 0 N–H and O–H groups in total. The Bertz CT molecular complexity index is 1710. The molecule has 0 aromatic heterocycles. The topological polar surface area (TPSA) is 3.24 Å². The van der Waals surface area contributed by atoms with E-state index in [0.29, 0.717) is 0 Å². The van der Waals surface area contributed by atoms with Crippen LogP contribution in [0.2, 0.25) is 0 Å². The molecule has 6 aliphatic carbocycles. The van der Waals surface area contributed by atoms with Gasteiger partial charge in [0.1, 0.15) is 0 Å². The van der Waals surface area contributed by atoms with Gasteiger partial charge in [-0.15, -0.1) is 0 Å². The third-order valence-electron chi connectivity index (χ3n) is 12.9. The molecular weight excluding hydrogens is 518 g/mol. The molecule has 1 spiro atoms. The summed E-state index contributed by atoms with van der Waals surface area (Å²) in [4.78, 5) is 2.58. The van der Waals surface area contributed by atoms with E-state index in [1.165, 1.54) is 84.3 Å². The minimum Gasteiger partial charge on any atom is -0.310 e. The fraction of sp³-hybridized carbons (Fsp3) is 0.429. The minimum absolute atomic E-state index is 0.113. The number of para-hydroxylation sites is 1. The second-order valence-corrected chi connectivity index (χ2v) is 16.1. The normalized spacial score (nSPS) is 30.1. The van der Waals surface area contributed by atoms with E-state index < -0.39 is 0 Å². The Morgan fingerprint density at radius 3 is 1.91 bits per heavy atom. The highest BCUT2D eigenvalue weighted by Crippen LogP contribution is 2.69. The van der Waals surface area contributed by atoms with Crippen molar-refractivity contribution in [2.75, 3.05) is 4.90 Å². The summed E-state index contributed by atoms with van der Waals surface area (Å²) >= 11 is 0. The SMILES string of the molecule is CC1(C)CCC(C)(C)c2c(N(c3ccccc3)c3ccc4c(c3)-c3ccccc3C43C4CC5CC(C4)CC3C5)cccc21. The molecule has 4 fully saturated rings. The number of benzene rings is 4. The molecule has 0 heterocycles. The lowest BCUT2D eigenvalue weighted by molar-refractivity contribution is -0.0399. The lowest BCUT2D eigenvalue weighted by Gasteiger charge is -2.61. The first kappa shape index (κ1) is 26.1. The molecule has 218 valence electrons. The Labute approximate surface area is 258 Å². The van der Waals surface area contributed by atoms with Crippen molar-refractivity contribution in [3.63, 3.8) is 0 Å². The Balaban J connectivity index is 1.27. The Hall–Kier alpha value is -3.32. The van der Waals surface area contributed by atoms with Crippen molar-refractivity contribution < 1.29 is 0 Å². The highest BCUT2D eigenvalue weighted by atomic mass is 15.1. The number of hydrogen-bond donors (Lipinski definition) is 0. The van der Waals surface area contributed by atoms with Crippen LogP contribution in [0.5, 0.6) is 0 Å². The van der Waals surface area contributed by atoms with Crippen molar-refractivity contribution in [2.45, 2.75) is 88.9 Å².